The third-order valence-corrected chi connectivity index (χ3v) is 5.39. The number of fused-ring (bicyclic) bond motifs is 1. The summed E-state index contributed by atoms with van der Waals surface area (Å²) in [6.45, 7) is 0. The number of thioether (sulfide) groups is 1. The number of aromatic amines is 1. The molecule has 3 aromatic carbocycles. The molecule has 0 unspecified atom stereocenters. The first-order valence-electron chi connectivity index (χ1n) is 8.92. The number of imidazole rings is 1. The molecule has 0 atom stereocenters. The van der Waals surface area contributed by atoms with Gasteiger partial charge in [-0.1, -0.05) is 42.5 Å². The number of alkyl halides is 3. The van der Waals surface area contributed by atoms with E-state index in [9.17, 15) is 13.2 Å². The Morgan fingerprint density at radius 1 is 0.931 bits per heavy atom. The first kappa shape index (κ1) is 19.3. The highest BCUT2D eigenvalue weighted by Gasteiger charge is 2.29. The zero-order valence-electron chi connectivity index (χ0n) is 15.5. The average molecular weight is 410 g/mol. The molecule has 29 heavy (non-hydrogen) atoms. The van der Waals surface area contributed by atoms with E-state index in [0.717, 1.165) is 34.3 Å². The Morgan fingerprint density at radius 3 is 2.41 bits per heavy atom. The molecule has 4 rings (SSSR count). The molecular weight excluding hydrogens is 393 g/mol. The summed E-state index contributed by atoms with van der Waals surface area (Å²) in [6.07, 6.45) is 1.23. The predicted octanol–water partition coefficient (Wildman–Crippen LogP) is 7.14. The van der Waals surface area contributed by atoms with Crippen molar-refractivity contribution in [1.82, 2.24) is 9.97 Å². The van der Waals surface area contributed by atoms with Crippen LogP contribution in [-0.2, 0) is 6.18 Å². The quantitative estimate of drug-likeness (QED) is 0.362. The van der Waals surface area contributed by atoms with Gasteiger partial charge in [0.05, 0.1) is 16.6 Å². The van der Waals surface area contributed by atoms with E-state index in [0.29, 0.717) is 11.4 Å². The largest absolute Gasteiger partial charge is 0.416 e. The minimum atomic E-state index is -4.33. The maximum Gasteiger partial charge on any atom is 0.416 e. The second-order valence-corrected chi connectivity index (χ2v) is 7.36. The van der Waals surface area contributed by atoms with Crippen LogP contribution in [0.25, 0.3) is 34.3 Å². The van der Waals surface area contributed by atoms with Crippen molar-refractivity contribution in [3.05, 3.63) is 83.7 Å². The second-order valence-electron chi connectivity index (χ2n) is 6.51. The van der Waals surface area contributed by atoms with Crippen LogP contribution in [0, 0.1) is 0 Å². The minimum absolute atomic E-state index is 0.648. The first-order chi connectivity index (χ1) is 13.9. The van der Waals surface area contributed by atoms with E-state index in [1.54, 1.807) is 23.9 Å². The number of halogens is 3. The van der Waals surface area contributed by atoms with Gasteiger partial charge in [-0.3, -0.25) is 0 Å². The van der Waals surface area contributed by atoms with Crippen molar-refractivity contribution in [3.63, 3.8) is 0 Å². The first-order valence-corrected chi connectivity index (χ1v) is 10.1. The van der Waals surface area contributed by atoms with E-state index >= 15 is 0 Å². The molecule has 0 aliphatic heterocycles. The van der Waals surface area contributed by atoms with Crippen molar-refractivity contribution in [3.8, 4) is 11.1 Å². The monoisotopic (exact) mass is 410 g/mol. The van der Waals surface area contributed by atoms with Gasteiger partial charge in [-0.25, -0.2) is 4.98 Å². The van der Waals surface area contributed by atoms with Crippen LogP contribution in [0.15, 0.2) is 71.6 Å². The normalized spacial score (nSPS) is 12.1. The lowest BCUT2D eigenvalue weighted by Gasteiger charge is -2.06. The topological polar surface area (TPSA) is 28.7 Å². The highest BCUT2D eigenvalue weighted by Crippen LogP contribution is 2.32. The number of rotatable bonds is 4. The summed E-state index contributed by atoms with van der Waals surface area (Å²) in [6, 6.07) is 19.3. The lowest BCUT2D eigenvalue weighted by atomic mass is 10.1. The van der Waals surface area contributed by atoms with Gasteiger partial charge in [-0.05, 0) is 59.4 Å². The Hall–Kier alpha value is -2.99. The lowest BCUT2D eigenvalue weighted by Crippen LogP contribution is -2.03. The van der Waals surface area contributed by atoms with Crippen molar-refractivity contribution >= 4 is 34.9 Å². The van der Waals surface area contributed by atoms with Crippen molar-refractivity contribution < 1.29 is 13.2 Å². The third-order valence-electron chi connectivity index (χ3n) is 4.59. The smallest absolute Gasteiger partial charge is 0.338 e. The molecular formula is C23H17F3N2S. The summed E-state index contributed by atoms with van der Waals surface area (Å²) in [7, 11) is 0. The van der Waals surface area contributed by atoms with Gasteiger partial charge in [0.2, 0.25) is 0 Å². The van der Waals surface area contributed by atoms with Gasteiger partial charge < -0.3 is 4.98 Å². The van der Waals surface area contributed by atoms with Gasteiger partial charge in [-0.15, -0.1) is 11.8 Å². The molecule has 0 aliphatic rings. The number of hydrogen-bond donors (Lipinski definition) is 1. The van der Waals surface area contributed by atoms with E-state index in [1.165, 1.54) is 17.0 Å². The fourth-order valence-electron chi connectivity index (χ4n) is 3.11. The fourth-order valence-corrected chi connectivity index (χ4v) is 3.73. The second kappa shape index (κ2) is 7.79. The van der Waals surface area contributed by atoms with E-state index in [2.05, 4.69) is 34.4 Å². The SMILES string of the molecule is CSc1ccccc1-c1ccc2[nH]c(C=Cc3ccc(C(F)(F)F)cc3)nc2c1. The van der Waals surface area contributed by atoms with Gasteiger partial charge in [0.15, 0.2) is 0 Å². The standard InChI is InChI=1S/C23H17F3N2S/c1-29-21-5-3-2-4-18(21)16-9-12-19-20(14-16)28-22(27-19)13-8-15-6-10-17(11-7-15)23(24,25)26/h2-14H,1H3,(H,27,28). The molecule has 0 fully saturated rings. The number of H-pyrrole nitrogens is 1. The Morgan fingerprint density at radius 2 is 1.69 bits per heavy atom. The van der Waals surface area contributed by atoms with Gasteiger partial charge in [-0.2, -0.15) is 13.2 Å². The number of benzene rings is 3. The highest BCUT2D eigenvalue weighted by atomic mass is 32.2. The zero-order valence-corrected chi connectivity index (χ0v) is 16.3. The molecule has 0 spiro atoms. The van der Waals surface area contributed by atoms with Crippen LogP contribution in [0.3, 0.4) is 0 Å². The number of nitrogens with zero attached hydrogens (tertiary/aromatic N) is 1. The number of hydrogen-bond acceptors (Lipinski definition) is 2. The summed E-state index contributed by atoms with van der Waals surface area (Å²) in [5.74, 6) is 0.648. The molecule has 0 amide bonds. The van der Waals surface area contributed by atoms with Crippen molar-refractivity contribution in [1.29, 1.82) is 0 Å². The summed E-state index contributed by atoms with van der Waals surface area (Å²) >= 11 is 1.70. The molecule has 0 saturated heterocycles. The van der Waals surface area contributed by atoms with Crippen molar-refractivity contribution in [2.45, 2.75) is 11.1 Å². The zero-order chi connectivity index (χ0) is 20.4. The van der Waals surface area contributed by atoms with Gasteiger partial charge in [0.25, 0.3) is 0 Å². The van der Waals surface area contributed by atoms with Crippen molar-refractivity contribution in [2.75, 3.05) is 6.26 Å². The Balaban J connectivity index is 1.60. The molecule has 4 aromatic rings. The Bertz CT molecular complexity index is 1170. The van der Waals surface area contributed by atoms with E-state index in [4.69, 9.17) is 0 Å². The molecule has 0 radical (unpaired) electrons. The Kier molecular flexibility index (Phi) is 5.20. The summed E-state index contributed by atoms with van der Waals surface area (Å²) < 4.78 is 38.0. The van der Waals surface area contributed by atoms with Gasteiger partial charge in [0.1, 0.15) is 5.82 Å². The maximum atomic E-state index is 12.7. The number of nitrogens with one attached hydrogen (secondary N) is 1. The molecule has 1 heterocycles. The van der Waals surface area contributed by atoms with Crippen LogP contribution in [0.1, 0.15) is 17.0 Å². The van der Waals surface area contributed by atoms with Crippen LogP contribution in [0.5, 0.6) is 0 Å². The van der Waals surface area contributed by atoms with Gasteiger partial charge in [0, 0.05) is 4.90 Å². The molecule has 6 heteroatoms. The molecule has 146 valence electrons. The van der Waals surface area contributed by atoms with Crippen molar-refractivity contribution in [2.24, 2.45) is 0 Å². The van der Waals surface area contributed by atoms with Crippen LogP contribution in [-0.4, -0.2) is 16.2 Å². The van der Waals surface area contributed by atoms with Crippen LogP contribution >= 0.6 is 11.8 Å². The lowest BCUT2D eigenvalue weighted by molar-refractivity contribution is -0.137. The van der Waals surface area contributed by atoms with E-state index in [1.807, 2.05) is 24.3 Å². The molecule has 2 nitrogen and oxygen atoms in total. The molecule has 0 aliphatic carbocycles. The van der Waals surface area contributed by atoms with Gasteiger partial charge >= 0.3 is 6.18 Å². The summed E-state index contributed by atoms with van der Waals surface area (Å²) in [5.41, 5.74) is 4.01. The summed E-state index contributed by atoms with van der Waals surface area (Å²) in [4.78, 5) is 9.02. The van der Waals surface area contributed by atoms with E-state index < -0.39 is 11.7 Å². The average Bonchev–Trinajstić information content (AvgIpc) is 3.14. The molecule has 0 saturated carbocycles. The Labute approximate surface area is 170 Å². The molecule has 1 aromatic heterocycles. The highest BCUT2D eigenvalue weighted by molar-refractivity contribution is 7.98. The third kappa shape index (κ3) is 4.22. The fraction of sp³-hybridized carbons (Fsp3) is 0.0870. The predicted molar refractivity (Wildman–Crippen MR) is 114 cm³/mol. The number of aromatic nitrogens is 2. The van der Waals surface area contributed by atoms with Crippen LogP contribution < -0.4 is 0 Å². The van der Waals surface area contributed by atoms with Crippen LogP contribution in [0.4, 0.5) is 13.2 Å². The minimum Gasteiger partial charge on any atom is -0.338 e. The van der Waals surface area contributed by atoms with E-state index in [-0.39, 0.29) is 0 Å². The van der Waals surface area contributed by atoms with Crippen LogP contribution in [0.2, 0.25) is 0 Å². The molecule has 1 N–H and O–H groups in total. The maximum absolute atomic E-state index is 12.7. The molecule has 0 bridgehead atoms. The summed E-state index contributed by atoms with van der Waals surface area (Å²) in [5, 5.41) is 0.